The van der Waals surface area contributed by atoms with Crippen molar-refractivity contribution in [2.75, 3.05) is 26.2 Å². The molecule has 2 amide bonds. The monoisotopic (exact) mass is 457 g/mol. The fourth-order valence-electron chi connectivity index (χ4n) is 3.62. The van der Waals surface area contributed by atoms with E-state index in [0.717, 1.165) is 30.1 Å². The van der Waals surface area contributed by atoms with Crippen LogP contribution in [-0.4, -0.2) is 53.8 Å². The van der Waals surface area contributed by atoms with Crippen molar-refractivity contribution in [1.29, 1.82) is 0 Å². The topological polar surface area (TPSA) is 52.7 Å². The molecule has 1 atom stereocenters. The van der Waals surface area contributed by atoms with Crippen LogP contribution in [0.5, 0.6) is 0 Å². The standard InChI is InChI=1S/C23H24FN3O2S2/c1-16(25-22(28)21-6-3-13-30-21)23(29)27-11-9-26(10-12-27)15-19-7-8-20(31-19)17-4-2-5-18(24)14-17/h2-8,13-14,16H,9-12,15H2,1H3,(H,25,28). The summed E-state index contributed by atoms with van der Waals surface area (Å²) < 4.78 is 13.5. The van der Waals surface area contributed by atoms with E-state index in [1.165, 1.54) is 22.3 Å². The molecule has 0 bridgehead atoms. The van der Waals surface area contributed by atoms with Gasteiger partial charge in [-0.1, -0.05) is 18.2 Å². The Morgan fingerprint density at radius 3 is 2.61 bits per heavy atom. The predicted octanol–water partition coefficient (Wildman–Crippen LogP) is 4.08. The number of nitrogens with one attached hydrogen (secondary N) is 1. The van der Waals surface area contributed by atoms with Gasteiger partial charge in [0.05, 0.1) is 4.88 Å². The molecule has 1 saturated heterocycles. The second kappa shape index (κ2) is 9.72. The maximum Gasteiger partial charge on any atom is 0.261 e. The minimum Gasteiger partial charge on any atom is -0.340 e. The first-order valence-corrected chi connectivity index (χ1v) is 11.9. The number of piperazine rings is 1. The Balaban J connectivity index is 1.27. The molecule has 3 heterocycles. The Bertz CT molecular complexity index is 1040. The summed E-state index contributed by atoms with van der Waals surface area (Å²) in [5.74, 6) is -0.482. The lowest BCUT2D eigenvalue weighted by Gasteiger charge is -2.35. The van der Waals surface area contributed by atoms with Crippen LogP contribution in [-0.2, 0) is 11.3 Å². The molecule has 162 valence electrons. The van der Waals surface area contributed by atoms with Gasteiger partial charge in [-0.15, -0.1) is 22.7 Å². The second-order valence-corrected chi connectivity index (χ2v) is 9.67. The maximum atomic E-state index is 13.5. The largest absolute Gasteiger partial charge is 0.340 e. The third kappa shape index (κ3) is 5.39. The summed E-state index contributed by atoms with van der Waals surface area (Å²) in [6, 6.07) is 13.8. The van der Waals surface area contributed by atoms with Gasteiger partial charge in [-0.2, -0.15) is 0 Å². The number of thiophene rings is 2. The molecule has 1 N–H and O–H groups in total. The van der Waals surface area contributed by atoms with Crippen molar-refractivity contribution in [2.45, 2.75) is 19.5 Å². The molecule has 1 aliphatic rings. The minimum atomic E-state index is -0.549. The van der Waals surface area contributed by atoms with Gasteiger partial charge in [0.2, 0.25) is 5.91 Å². The first kappa shape index (κ1) is 21.7. The van der Waals surface area contributed by atoms with Crippen molar-refractivity contribution in [2.24, 2.45) is 0 Å². The van der Waals surface area contributed by atoms with Crippen molar-refractivity contribution < 1.29 is 14.0 Å². The van der Waals surface area contributed by atoms with Gasteiger partial charge < -0.3 is 10.2 Å². The Hall–Kier alpha value is -2.55. The molecule has 1 fully saturated rings. The van der Waals surface area contributed by atoms with E-state index in [0.29, 0.717) is 18.0 Å². The highest BCUT2D eigenvalue weighted by atomic mass is 32.1. The second-order valence-electron chi connectivity index (χ2n) is 7.55. The van der Waals surface area contributed by atoms with Gasteiger partial charge in [-0.05, 0) is 48.2 Å². The number of rotatable bonds is 6. The summed E-state index contributed by atoms with van der Waals surface area (Å²) in [6.45, 7) is 5.39. The van der Waals surface area contributed by atoms with Crippen LogP contribution >= 0.6 is 22.7 Å². The highest BCUT2D eigenvalue weighted by Gasteiger charge is 2.26. The van der Waals surface area contributed by atoms with Crippen LogP contribution in [0.2, 0.25) is 0 Å². The summed E-state index contributed by atoms with van der Waals surface area (Å²) in [6.07, 6.45) is 0. The van der Waals surface area contributed by atoms with Crippen molar-refractivity contribution in [3.05, 3.63) is 69.5 Å². The average molecular weight is 458 g/mol. The van der Waals surface area contributed by atoms with Crippen molar-refractivity contribution in [1.82, 2.24) is 15.1 Å². The van der Waals surface area contributed by atoms with Gasteiger partial charge in [-0.25, -0.2) is 4.39 Å². The lowest BCUT2D eigenvalue weighted by atomic mass is 10.2. The first-order valence-electron chi connectivity index (χ1n) is 10.2. The van der Waals surface area contributed by atoms with Crippen LogP contribution in [0.25, 0.3) is 10.4 Å². The van der Waals surface area contributed by atoms with E-state index >= 15 is 0 Å². The lowest BCUT2D eigenvalue weighted by molar-refractivity contribution is -0.134. The van der Waals surface area contributed by atoms with E-state index in [-0.39, 0.29) is 17.6 Å². The fourth-order valence-corrected chi connectivity index (χ4v) is 5.29. The number of carbonyl (C=O) groups excluding carboxylic acids is 2. The molecular weight excluding hydrogens is 433 g/mol. The Labute approximate surface area is 189 Å². The van der Waals surface area contributed by atoms with Crippen molar-refractivity contribution >= 4 is 34.5 Å². The summed E-state index contributed by atoms with van der Waals surface area (Å²) in [7, 11) is 0. The van der Waals surface area contributed by atoms with E-state index in [1.54, 1.807) is 36.5 Å². The molecule has 3 aromatic rings. The minimum absolute atomic E-state index is 0.0472. The number of carbonyl (C=O) groups is 2. The van der Waals surface area contributed by atoms with Crippen LogP contribution in [0, 0.1) is 5.82 Å². The summed E-state index contributed by atoms with van der Waals surface area (Å²) in [5, 5.41) is 4.64. The van der Waals surface area contributed by atoms with Gasteiger partial charge in [0.15, 0.2) is 0 Å². The van der Waals surface area contributed by atoms with Crippen molar-refractivity contribution in [3.63, 3.8) is 0 Å². The highest BCUT2D eigenvalue weighted by molar-refractivity contribution is 7.15. The highest BCUT2D eigenvalue weighted by Crippen LogP contribution is 2.29. The molecule has 4 rings (SSSR count). The summed E-state index contributed by atoms with van der Waals surface area (Å²) in [4.78, 5) is 31.9. The number of hydrogen-bond acceptors (Lipinski definition) is 5. The molecule has 8 heteroatoms. The Morgan fingerprint density at radius 2 is 1.90 bits per heavy atom. The van der Waals surface area contributed by atoms with Crippen LogP contribution in [0.3, 0.4) is 0 Å². The third-order valence-electron chi connectivity index (χ3n) is 5.30. The molecule has 1 unspecified atom stereocenters. The van der Waals surface area contributed by atoms with E-state index < -0.39 is 6.04 Å². The van der Waals surface area contributed by atoms with Gasteiger partial charge in [0.25, 0.3) is 5.91 Å². The molecule has 0 aliphatic carbocycles. The van der Waals surface area contributed by atoms with Crippen LogP contribution < -0.4 is 5.32 Å². The molecule has 0 radical (unpaired) electrons. The number of amides is 2. The maximum absolute atomic E-state index is 13.5. The third-order valence-corrected chi connectivity index (χ3v) is 7.28. The smallest absolute Gasteiger partial charge is 0.261 e. The van der Waals surface area contributed by atoms with Crippen LogP contribution in [0.15, 0.2) is 53.9 Å². The molecule has 1 aliphatic heterocycles. The summed E-state index contributed by atoms with van der Waals surface area (Å²) in [5.41, 5.74) is 0.894. The summed E-state index contributed by atoms with van der Waals surface area (Å²) >= 11 is 3.03. The molecule has 1 aromatic carbocycles. The lowest BCUT2D eigenvalue weighted by Crippen LogP contribution is -2.53. The van der Waals surface area contributed by atoms with Crippen LogP contribution in [0.4, 0.5) is 4.39 Å². The zero-order chi connectivity index (χ0) is 21.8. The van der Waals surface area contributed by atoms with Crippen molar-refractivity contribution in [3.8, 4) is 10.4 Å². The zero-order valence-corrected chi connectivity index (χ0v) is 18.8. The van der Waals surface area contributed by atoms with E-state index in [9.17, 15) is 14.0 Å². The average Bonchev–Trinajstić information content (AvgIpc) is 3.46. The number of halogens is 1. The zero-order valence-electron chi connectivity index (χ0n) is 17.2. The van der Waals surface area contributed by atoms with Gasteiger partial charge in [0.1, 0.15) is 11.9 Å². The fraction of sp³-hybridized carbons (Fsp3) is 0.304. The molecule has 0 spiro atoms. The number of benzene rings is 1. The normalized spacial score (nSPS) is 15.6. The quantitative estimate of drug-likeness (QED) is 0.607. The van der Waals surface area contributed by atoms with Gasteiger partial charge in [-0.3, -0.25) is 14.5 Å². The SMILES string of the molecule is CC(NC(=O)c1cccs1)C(=O)N1CCN(Cc2ccc(-c3cccc(F)c3)s2)CC1. The van der Waals surface area contributed by atoms with E-state index in [1.807, 2.05) is 28.5 Å². The molecular formula is C23H24FN3O2S2. The van der Waals surface area contributed by atoms with E-state index in [4.69, 9.17) is 0 Å². The van der Waals surface area contributed by atoms with Gasteiger partial charge in [0, 0.05) is 42.5 Å². The molecule has 5 nitrogen and oxygen atoms in total. The predicted molar refractivity (Wildman–Crippen MR) is 123 cm³/mol. The van der Waals surface area contributed by atoms with Gasteiger partial charge >= 0.3 is 0 Å². The molecule has 0 saturated carbocycles. The molecule has 2 aromatic heterocycles. The number of hydrogen-bond donors (Lipinski definition) is 1. The Kier molecular flexibility index (Phi) is 6.80. The first-order chi connectivity index (χ1) is 15.0. The Morgan fingerprint density at radius 1 is 1.10 bits per heavy atom. The van der Waals surface area contributed by atoms with E-state index in [2.05, 4.69) is 16.3 Å². The number of nitrogens with zero attached hydrogens (tertiary/aromatic N) is 2. The van der Waals surface area contributed by atoms with Crippen LogP contribution in [0.1, 0.15) is 21.5 Å². The molecule has 31 heavy (non-hydrogen) atoms.